The lowest BCUT2D eigenvalue weighted by Crippen LogP contribution is -2.01. The van der Waals surface area contributed by atoms with Gasteiger partial charge in [0.05, 0.1) is 11.9 Å². The van der Waals surface area contributed by atoms with Crippen molar-refractivity contribution >= 4 is 21.7 Å². The molecule has 0 aliphatic rings. The van der Waals surface area contributed by atoms with Crippen LogP contribution in [0.15, 0.2) is 65.3 Å². The van der Waals surface area contributed by atoms with Gasteiger partial charge in [0.2, 0.25) is 0 Å². The highest BCUT2D eigenvalue weighted by Crippen LogP contribution is 2.29. The minimum Gasteiger partial charge on any atom is -0.383 e. The topological polar surface area (TPSA) is 43.8 Å². The van der Waals surface area contributed by atoms with Crippen LogP contribution in [0.5, 0.6) is 0 Å². The Hall–Kier alpha value is -2.07. The number of rotatable bonds is 2. The summed E-state index contributed by atoms with van der Waals surface area (Å²) in [5, 5.41) is 4.37. The van der Waals surface area contributed by atoms with E-state index in [1.54, 1.807) is 10.9 Å². The van der Waals surface area contributed by atoms with Crippen molar-refractivity contribution in [1.82, 2.24) is 9.78 Å². The molecule has 19 heavy (non-hydrogen) atoms. The van der Waals surface area contributed by atoms with E-state index in [9.17, 15) is 0 Å². The Bertz CT molecular complexity index is 704. The first kappa shape index (κ1) is 12.0. The molecular weight excluding hydrogens is 302 g/mol. The summed E-state index contributed by atoms with van der Waals surface area (Å²) >= 11 is 3.47. The van der Waals surface area contributed by atoms with Crippen LogP contribution in [0, 0.1) is 0 Å². The van der Waals surface area contributed by atoms with Gasteiger partial charge in [-0.25, -0.2) is 4.68 Å². The van der Waals surface area contributed by atoms with Crippen molar-refractivity contribution in [1.29, 1.82) is 0 Å². The fourth-order valence-electron chi connectivity index (χ4n) is 2.01. The lowest BCUT2D eigenvalue weighted by molar-refractivity contribution is 0.891. The van der Waals surface area contributed by atoms with Crippen molar-refractivity contribution in [2.24, 2.45) is 0 Å². The van der Waals surface area contributed by atoms with Gasteiger partial charge in [-0.2, -0.15) is 5.10 Å². The van der Waals surface area contributed by atoms with E-state index in [0.29, 0.717) is 5.82 Å². The van der Waals surface area contributed by atoms with Crippen LogP contribution in [-0.2, 0) is 0 Å². The van der Waals surface area contributed by atoms with E-state index < -0.39 is 0 Å². The summed E-state index contributed by atoms with van der Waals surface area (Å²) in [4.78, 5) is 0. The number of anilines is 1. The third kappa shape index (κ3) is 2.27. The van der Waals surface area contributed by atoms with Crippen LogP contribution in [0.25, 0.3) is 16.8 Å². The molecule has 0 fully saturated rings. The average molecular weight is 314 g/mol. The van der Waals surface area contributed by atoms with Gasteiger partial charge in [-0.1, -0.05) is 46.3 Å². The predicted octanol–water partition coefficient (Wildman–Crippen LogP) is 3.88. The molecule has 0 aliphatic carbocycles. The third-order valence-electron chi connectivity index (χ3n) is 2.94. The molecule has 0 atom stereocenters. The standard InChI is InChI=1S/C15H12BrN3/c16-12-6-4-5-11(9-12)14-10-18-19(15(14)17)13-7-2-1-3-8-13/h1-10H,17H2. The molecule has 1 aromatic heterocycles. The van der Waals surface area contributed by atoms with E-state index in [-0.39, 0.29) is 0 Å². The van der Waals surface area contributed by atoms with Crippen molar-refractivity contribution in [3.63, 3.8) is 0 Å². The highest BCUT2D eigenvalue weighted by molar-refractivity contribution is 9.10. The monoisotopic (exact) mass is 313 g/mol. The predicted molar refractivity (Wildman–Crippen MR) is 81.1 cm³/mol. The van der Waals surface area contributed by atoms with Crippen LogP contribution < -0.4 is 5.73 Å². The highest BCUT2D eigenvalue weighted by atomic mass is 79.9. The summed E-state index contributed by atoms with van der Waals surface area (Å²) in [6.07, 6.45) is 1.80. The Morgan fingerprint density at radius 3 is 2.53 bits per heavy atom. The van der Waals surface area contributed by atoms with Crippen LogP contribution in [-0.4, -0.2) is 9.78 Å². The summed E-state index contributed by atoms with van der Waals surface area (Å²) in [6, 6.07) is 17.9. The molecule has 3 nitrogen and oxygen atoms in total. The van der Waals surface area contributed by atoms with E-state index in [1.165, 1.54) is 0 Å². The van der Waals surface area contributed by atoms with Gasteiger partial charge in [-0.05, 0) is 29.8 Å². The molecule has 0 spiro atoms. The van der Waals surface area contributed by atoms with Crippen LogP contribution >= 0.6 is 15.9 Å². The van der Waals surface area contributed by atoms with Crippen LogP contribution in [0.2, 0.25) is 0 Å². The first-order valence-electron chi connectivity index (χ1n) is 5.90. The van der Waals surface area contributed by atoms with Crippen molar-refractivity contribution in [2.45, 2.75) is 0 Å². The van der Waals surface area contributed by atoms with E-state index in [2.05, 4.69) is 21.0 Å². The number of nitrogens with two attached hydrogens (primary N) is 1. The molecule has 0 bridgehead atoms. The highest BCUT2D eigenvalue weighted by Gasteiger charge is 2.10. The summed E-state index contributed by atoms with van der Waals surface area (Å²) in [5.41, 5.74) is 9.15. The second-order valence-corrected chi connectivity index (χ2v) is 5.12. The Morgan fingerprint density at radius 2 is 1.79 bits per heavy atom. The smallest absolute Gasteiger partial charge is 0.135 e. The Labute approximate surface area is 119 Å². The molecule has 4 heteroatoms. The normalized spacial score (nSPS) is 10.6. The van der Waals surface area contributed by atoms with Gasteiger partial charge in [-0.15, -0.1) is 0 Å². The minimum absolute atomic E-state index is 0.643. The average Bonchev–Trinajstić information content (AvgIpc) is 2.81. The fourth-order valence-corrected chi connectivity index (χ4v) is 2.41. The van der Waals surface area contributed by atoms with Crippen LogP contribution in [0.3, 0.4) is 0 Å². The van der Waals surface area contributed by atoms with E-state index in [1.807, 2.05) is 54.6 Å². The number of para-hydroxylation sites is 1. The Balaban J connectivity index is 2.09. The van der Waals surface area contributed by atoms with E-state index in [0.717, 1.165) is 21.3 Å². The van der Waals surface area contributed by atoms with Crippen molar-refractivity contribution < 1.29 is 0 Å². The molecule has 0 amide bonds. The second-order valence-electron chi connectivity index (χ2n) is 4.20. The van der Waals surface area contributed by atoms with Gasteiger partial charge in [-0.3, -0.25) is 0 Å². The Kier molecular flexibility index (Phi) is 3.09. The zero-order chi connectivity index (χ0) is 13.2. The van der Waals surface area contributed by atoms with Gasteiger partial charge in [0.1, 0.15) is 5.82 Å². The van der Waals surface area contributed by atoms with Crippen LogP contribution in [0.1, 0.15) is 0 Å². The molecule has 1 heterocycles. The number of aromatic nitrogens is 2. The maximum absolute atomic E-state index is 6.20. The van der Waals surface area contributed by atoms with Gasteiger partial charge < -0.3 is 5.73 Å². The lowest BCUT2D eigenvalue weighted by atomic mass is 10.1. The zero-order valence-electron chi connectivity index (χ0n) is 10.1. The van der Waals surface area contributed by atoms with Gasteiger partial charge >= 0.3 is 0 Å². The van der Waals surface area contributed by atoms with Crippen LogP contribution in [0.4, 0.5) is 5.82 Å². The summed E-state index contributed by atoms with van der Waals surface area (Å²) in [5.74, 6) is 0.643. The molecule has 3 aromatic rings. The molecular formula is C15H12BrN3. The maximum Gasteiger partial charge on any atom is 0.135 e. The first-order chi connectivity index (χ1) is 9.25. The van der Waals surface area contributed by atoms with Crippen molar-refractivity contribution in [3.05, 3.63) is 65.3 Å². The summed E-state index contributed by atoms with van der Waals surface area (Å²) in [6.45, 7) is 0. The molecule has 0 saturated carbocycles. The molecule has 2 N–H and O–H groups in total. The third-order valence-corrected chi connectivity index (χ3v) is 3.44. The quantitative estimate of drug-likeness (QED) is 0.780. The number of hydrogen-bond donors (Lipinski definition) is 1. The molecule has 0 radical (unpaired) electrons. The fraction of sp³-hybridized carbons (Fsp3) is 0. The first-order valence-corrected chi connectivity index (χ1v) is 6.70. The summed E-state index contributed by atoms with van der Waals surface area (Å²) < 4.78 is 2.77. The molecule has 0 unspecified atom stereocenters. The molecule has 94 valence electrons. The van der Waals surface area contributed by atoms with Gasteiger partial charge in [0.25, 0.3) is 0 Å². The van der Waals surface area contributed by atoms with Crippen molar-refractivity contribution in [3.8, 4) is 16.8 Å². The number of halogens is 1. The molecule has 0 aliphatic heterocycles. The van der Waals surface area contributed by atoms with Gasteiger partial charge in [0, 0.05) is 10.0 Å². The number of benzene rings is 2. The zero-order valence-corrected chi connectivity index (χ0v) is 11.7. The number of nitrogens with zero attached hydrogens (tertiary/aromatic N) is 2. The largest absolute Gasteiger partial charge is 0.383 e. The van der Waals surface area contributed by atoms with E-state index >= 15 is 0 Å². The SMILES string of the molecule is Nc1c(-c2cccc(Br)c2)cnn1-c1ccccc1. The van der Waals surface area contributed by atoms with E-state index in [4.69, 9.17) is 5.73 Å². The number of nitrogen functional groups attached to an aromatic ring is 1. The Morgan fingerprint density at radius 1 is 1.00 bits per heavy atom. The summed E-state index contributed by atoms with van der Waals surface area (Å²) in [7, 11) is 0. The second kappa shape index (κ2) is 4.90. The molecule has 3 rings (SSSR count). The van der Waals surface area contributed by atoms with Gasteiger partial charge in [0.15, 0.2) is 0 Å². The maximum atomic E-state index is 6.20. The van der Waals surface area contributed by atoms with Crippen molar-refractivity contribution in [2.75, 3.05) is 5.73 Å². The minimum atomic E-state index is 0.643. The molecule has 0 saturated heterocycles. The number of hydrogen-bond acceptors (Lipinski definition) is 2. The molecule has 2 aromatic carbocycles. The lowest BCUT2D eigenvalue weighted by Gasteiger charge is -2.05.